The van der Waals surface area contributed by atoms with E-state index in [1.54, 1.807) is 0 Å². The molecule has 1 aliphatic heterocycles. The lowest BCUT2D eigenvalue weighted by molar-refractivity contribution is 0.0454. The van der Waals surface area contributed by atoms with Crippen molar-refractivity contribution in [2.24, 2.45) is 0 Å². The fraction of sp³-hybridized carbons (Fsp3) is 0.400. The zero-order chi connectivity index (χ0) is 9.26. The van der Waals surface area contributed by atoms with Gasteiger partial charge in [0.1, 0.15) is 6.23 Å². The summed E-state index contributed by atoms with van der Waals surface area (Å²) in [6.07, 6.45) is 0.0358. The zero-order valence-corrected chi connectivity index (χ0v) is 8.29. The maximum atomic E-state index is 6.06. The average Bonchev–Trinajstić information content (AvgIpc) is 2.52. The van der Waals surface area contributed by atoms with E-state index in [9.17, 15) is 0 Å². The van der Waals surface area contributed by atoms with Crippen molar-refractivity contribution in [2.45, 2.75) is 6.23 Å². The van der Waals surface area contributed by atoms with Crippen LogP contribution in [0.25, 0.3) is 0 Å². The van der Waals surface area contributed by atoms with Crippen LogP contribution in [0.15, 0.2) is 24.3 Å². The highest BCUT2D eigenvalue weighted by Crippen LogP contribution is 2.30. The first-order valence-electron chi connectivity index (χ1n) is 4.35. The Morgan fingerprint density at radius 2 is 2.23 bits per heavy atom. The molecule has 3 heteroatoms. The van der Waals surface area contributed by atoms with Gasteiger partial charge in [0.15, 0.2) is 0 Å². The topological polar surface area (TPSA) is 12.5 Å². The van der Waals surface area contributed by atoms with E-state index < -0.39 is 0 Å². The van der Waals surface area contributed by atoms with E-state index in [4.69, 9.17) is 16.3 Å². The van der Waals surface area contributed by atoms with Crippen molar-refractivity contribution in [2.75, 3.05) is 20.2 Å². The molecule has 1 aliphatic rings. The SMILES string of the molecule is CN1CCO[C@@H]1c1ccccc1Cl. The Morgan fingerprint density at radius 1 is 1.46 bits per heavy atom. The first-order chi connectivity index (χ1) is 6.29. The van der Waals surface area contributed by atoms with Crippen molar-refractivity contribution in [3.05, 3.63) is 34.9 Å². The van der Waals surface area contributed by atoms with Crippen LogP contribution in [-0.4, -0.2) is 25.1 Å². The maximum absolute atomic E-state index is 6.06. The van der Waals surface area contributed by atoms with E-state index in [1.807, 2.05) is 31.3 Å². The minimum absolute atomic E-state index is 0.0358. The van der Waals surface area contributed by atoms with Crippen LogP contribution in [0.5, 0.6) is 0 Å². The number of halogens is 1. The Labute approximate surface area is 83.1 Å². The third-order valence-electron chi connectivity index (χ3n) is 2.29. The van der Waals surface area contributed by atoms with Gasteiger partial charge in [-0.3, -0.25) is 4.90 Å². The summed E-state index contributed by atoms with van der Waals surface area (Å²) in [7, 11) is 2.04. The van der Waals surface area contributed by atoms with Crippen LogP contribution in [0.3, 0.4) is 0 Å². The second-order valence-corrected chi connectivity index (χ2v) is 3.63. The molecule has 13 heavy (non-hydrogen) atoms. The third-order valence-corrected chi connectivity index (χ3v) is 2.64. The molecule has 2 rings (SSSR count). The summed E-state index contributed by atoms with van der Waals surface area (Å²) in [5.41, 5.74) is 1.06. The summed E-state index contributed by atoms with van der Waals surface area (Å²) in [6.45, 7) is 1.75. The van der Waals surface area contributed by atoms with Crippen LogP contribution in [0.2, 0.25) is 5.02 Å². The van der Waals surface area contributed by atoms with Gasteiger partial charge in [0.25, 0.3) is 0 Å². The van der Waals surface area contributed by atoms with Crippen molar-refractivity contribution >= 4 is 11.6 Å². The number of hydrogen-bond acceptors (Lipinski definition) is 2. The number of likely N-dealkylation sites (N-methyl/N-ethyl adjacent to an activating group) is 1. The van der Waals surface area contributed by atoms with E-state index in [0.717, 1.165) is 23.7 Å². The van der Waals surface area contributed by atoms with Crippen molar-refractivity contribution in [1.29, 1.82) is 0 Å². The predicted octanol–water partition coefficient (Wildman–Crippen LogP) is 2.30. The number of hydrogen-bond donors (Lipinski definition) is 0. The van der Waals surface area contributed by atoms with Gasteiger partial charge >= 0.3 is 0 Å². The molecule has 1 fully saturated rings. The summed E-state index contributed by atoms with van der Waals surface area (Å²) >= 11 is 6.06. The van der Waals surface area contributed by atoms with E-state index in [1.165, 1.54) is 0 Å². The maximum Gasteiger partial charge on any atom is 0.138 e. The summed E-state index contributed by atoms with van der Waals surface area (Å²) in [5.74, 6) is 0. The van der Waals surface area contributed by atoms with Crippen molar-refractivity contribution < 1.29 is 4.74 Å². The van der Waals surface area contributed by atoms with Crippen LogP contribution in [0.4, 0.5) is 0 Å². The normalized spacial score (nSPS) is 23.7. The lowest BCUT2D eigenvalue weighted by atomic mass is 10.2. The van der Waals surface area contributed by atoms with Gasteiger partial charge in [-0.05, 0) is 13.1 Å². The van der Waals surface area contributed by atoms with Crippen LogP contribution >= 0.6 is 11.6 Å². The Kier molecular flexibility index (Phi) is 2.54. The Morgan fingerprint density at radius 3 is 2.85 bits per heavy atom. The molecule has 0 bridgehead atoms. The Hall–Kier alpha value is -0.570. The second-order valence-electron chi connectivity index (χ2n) is 3.23. The monoisotopic (exact) mass is 197 g/mol. The molecule has 1 saturated heterocycles. The van der Waals surface area contributed by atoms with Crippen LogP contribution in [0.1, 0.15) is 11.8 Å². The number of rotatable bonds is 1. The molecule has 70 valence electrons. The molecule has 0 amide bonds. The van der Waals surface area contributed by atoms with Crippen LogP contribution in [0, 0.1) is 0 Å². The van der Waals surface area contributed by atoms with Gasteiger partial charge in [-0.2, -0.15) is 0 Å². The lowest BCUT2D eigenvalue weighted by Gasteiger charge is -2.19. The largest absolute Gasteiger partial charge is 0.357 e. The van der Waals surface area contributed by atoms with Crippen molar-refractivity contribution in [3.63, 3.8) is 0 Å². The summed E-state index contributed by atoms with van der Waals surface area (Å²) in [4.78, 5) is 2.15. The Balaban J connectivity index is 2.29. The van der Waals surface area contributed by atoms with Crippen molar-refractivity contribution in [1.82, 2.24) is 4.90 Å². The first-order valence-corrected chi connectivity index (χ1v) is 4.73. The standard InChI is InChI=1S/C10H12ClNO/c1-12-6-7-13-10(12)8-4-2-3-5-9(8)11/h2-5,10H,6-7H2,1H3/t10-/m1/s1. The summed E-state index contributed by atoms with van der Waals surface area (Å²) < 4.78 is 5.57. The third kappa shape index (κ3) is 1.70. The van der Waals surface area contributed by atoms with Gasteiger partial charge in [-0.15, -0.1) is 0 Å². The van der Waals surface area contributed by atoms with E-state index in [2.05, 4.69) is 4.90 Å². The molecule has 2 nitrogen and oxygen atoms in total. The molecule has 1 atom stereocenters. The quantitative estimate of drug-likeness (QED) is 0.685. The van der Waals surface area contributed by atoms with E-state index in [-0.39, 0.29) is 6.23 Å². The first kappa shape index (κ1) is 9.00. The summed E-state index contributed by atoms with van der Waals surface area (Å²) in [6, 6.07) is 7.82. The molecule has 0 radical (unpaired) electrons. The minimum atomic E-state index is 0.0358. The Bertz CT molecular complexity index is 303. The average molecular weight is 198 g/mol. The highest BCUT2D eigenvalue weighted by atomic mass is 35.5. The molecule has 0 spiro atoms. The molecule has 0 unspecified atom stereocenters. The molecule has 1 aromatic rings. The zero-order valence-electron chi connectivity index (χ0n) is 7.53. The molecule has 1 heterocycles. The molecule has 0 aromatic heterocycles. The molecule has 0 N–H and O–H groups in total. The van der Waals surface area contributed by atoms with E-state index in [0.29, 0.717) is 0 Å². The molecule has 1 aromatic carbocycles. The van der Waals surface area contributed by atoms with Gasteiger partial charge in [-0.25, -0.2) is 0 Å². The van der Waals surface area contributed by atoms with E-state index >= 15 is 0 Å². The second kappa shape index (κ2) is 3.66. The number of nitrogens with zero attached hydrogens (tertiary/aromatic N) is 1. The van der Waals surface area contributed by atoms with Crippen molar-refractivity contribution in [3.8, 4) is 0 Å². The van der Waals surface area contributed by atoms with Gasteiger partial charge < -0.3 is 4.74 Å². The van der Waals surface area contributed by atoms with Crippen LogP contribution < -0.4 is 0 Å². The smallest absolute Gasteiger partial charge is 0.138 e. The fourth-order valence-electron chi connectivity index (χ4n) is 1.56. The van der Waals surface area contributed by atoms with Gasteiger partial charge in [-0.1, -0.05) is 29.8 Å². The number of benzene rings is 1. The molecule has 0 aliphatic carbocycles. The summed E-state index contributed by atoms with van der Waals surface area (Å²) in [5, 5.41) is 0.779. The highest BCUT2D eigenvalue weighted by molar-refractivity contribution is 6.31. The molecular formula is C10H12ClNO. The predicted molar refractivity (Wildman–Crippen MR) is 52.8 cm³/mol. The molecular weight excluding hydrogens is 186 g/mol. The highest BCUT2D eigenvalue weighted by Gasteiger charge is 2.24. The van der Waals surface area contributed by atoms with Gasteiger partial charge in [0.2, 0.25) is 0 Å². The van der Waals surface area contributed by atoms with Gasteiger partial charge in [0.05, 0.1) is 6.61 Å². The van der Waals surface area contributed by atoms with Gasteiger partial charge in [0, 0.05) is 17.1 Å². The number of ether oxygens (including phenoxy) is 1. The fourth-order valence-corrected chi connectivity index (χ4v) is 1.78. The van der Waals surface area contributed by atoms with Crippen LogP contribution in [-0.2, 0) is 4.74 Å². The molecule has 0 saturated carbocycles. The minimum Gasteiger partial charge on any atom is -0.357 e. The lowest BCUT2D eigenvalue weighted by Crippen LogP contribution is -2.18.